The maximum atomic E-state index is 12.8. The standard InChI is InChI=1S/C26H25Cl2N3O3/c1-2-17-7-11-21(12-8-17)31-15-19(13-25(31)32)26(33)30-29-23-5-3-4-6-24(23)34-16-18-9-10-20(27)14-22(18)28/h3-12,14,19,29H,2,13,15-16H2,1H3,(H,30,33)/t19-/m1/s1. The Bertz CT molecular complexity index is 1180. The highest BCUT2D eigenvalue weighted by Crippen LogP contribution is 2.28. The van der Waals surface area contributed by atoms with Crippen molar-refractivity contribution in [3.8, 4) is 5.75 Å². The fourth-order valence-electron chi connectivity index (χ4n) is 3.77. The molecule has 1 aliphatic rings. The Balaban J connectivity index is 1.35. The van der Waals surface area contributed by atoms with Gasteiger partial charge in [0.05, 0.1) is 11.6 Å². The van der Waals surface area contributed by atoms with Gasteiger partial charge in [-0.05, 0) is 48.4 Å². The van der Waals surface area contributed by atoms with Gasteiger partial charge in [0.15, 0.2) is 0 Å². The van der Waals surface area contributed by atoms with Crippen molar-refractivity contribution >= 4 is 46.4 Å². The number of halogens is 2. The predicted octanol–water partition coefficient (Wildman–Crippen LogP) is 5.63. The molecule has 3 aromatic rings. The van der Waals surface area contributed by atoms with Crippen molar-refractivity contribution in [3.63, 3.8) is 0 Å². The summed E-state index contributed by atoms with van der Waals surface area (Å²) in [5.74, 6) is -0.217. The quantitative estimate of drug-likeness (QED) is 0.395. The molecule has 176 valence electrons. The number of carbonyl (C=O) groups is 2. The van der Waals surface area contributed by atoms with Crippen LogP contribution in [0.1, 0.15) is 24.5 Å². The minimum atomic E-state index is -0.452. The fraction of sp³-hybridized carbons (Fsp3) is 0.231. The lowest BCUT2D eigenvalue weighted by Gasteiger charge is -2.18. The zero-order valence-corrected chi connectivity index (χ0v) is 20.2. The molecule has 0 aliphatic carbocycles. The number of hydrogen-bond donors (Lipinski definition) is 2. The summed E-state index contributed by atoms with van der Waals surface area (Å²) in [6.45, 7) is 2.66. The summed E-state index contributed by atoms with van der Waals surface area (Å²) >= 11 is 12.2. The molecule has 1 aliphatic heterocycles. The first kappa shape index (κ1) is 23.9. The van der Waals surface area contributed by atoms with E-state index < -0.39 is 5.92 Å². The lowest BCUT2D eigenvalue weighted by atomic mass is 10.1. The second kappa shape index (κ2) is 10.8. The van der Waals surface area contributed by atoms with Gasteiger partial charge < -0.3 is 9.64 Å². The van der Waals surface area contributed by atoms with Crippen LogP contribution in [0.2, 0.25) is 10.0 Å². The van der Waals surface area contributed by atoms with Gasteiger partial charge in [0, 0.05) is 34.3 Å². The molecule has 34 heavy (non-hydrogen) atoms. The number of carbonyl (C=O) groups excluding carboxylic acids is 2. The number of hydrazine groups is 1. The van der Waals surface area contributed by atoms with Crippen molar-refractivity contribution in [2.75, 3.05) is 16.9 Å². The second-order valence-corrected chi connectivity index (χ2v) is 8.90. The van der Waals surface area contributed by atoms with Crippen LogP contribution in [-0.2, 0) is 22.6 Å². The van der Waals surface area contributed by atoms with E-state index in [4.69, 9.17) is 27.9 Å². The number of nitrogens with one attached hydrogen (secondary N) is 2. The molecule has 1 atom stereocenters. The van der Waals surface area contributed by atoms with E-state index >= 15 is 0 Å². The maximum absolute atomic E-state index is 12.8. The lowest BCUT2D eigenvalue weighted by Crippen LogP contribution is -2.36. The number of para-hydroxylation sites is 2. The van der Waals surface area contributed by atoms with Gasteiger partial charge in [-0.2, -0.15) is 0 Å². The van der Waals surface area contributed by atoms with E-state index in [2.05, 4.69) is 17.8 Å². The summed E-state index contributed by atoms with van der Waals surface area (Å²) in [7, 11) is 0. The van der Waals surface area contributed by atoms with Gasteiger partial charge in [0.2, 0.25) is 11.8 Å². The van der Waals surface area contributed by atoms with Crippen molar-refractivity contribution in [2.45, 2.75) is 26.4 Å². The van der Waals surface area contributed by atoms with Gasteiger partial charge >= 0.3 is 0 Å². The molecule has 6 nitrogen and oxygen atoms in total. The third-order valence-corrected chi connectivity index (χ3v) is 6.34. The second-order valence-electron chi connectivity index (χ2n) is 8.06. The van der Waals surface area contributed by atoms with Gasteiger partial charge in [-0.3, -0.25) is 20.4 Å². The molecule has 0 spiro atoms. The Kier molecular flexibility index (Phi) is 7.60. The number of aryl methyl sites for hydroxylation is 1. The van der Waals surface area contributed by atoms with E-state index in [0.717, 1.165) is 17.7 Å². The van der Waals surface area contributed by atoms with E-state index in [-0.39, 0.29) is 24.8 Å². The molecule has 0 saturated carbocycles. The number of ether oxygens (including phenoxy) is 1. The summed E-state index contributed by atoms with van der Waals surface area (Å²) in [5, 5.41) is 1.08. The minimum absolute atomic E-state index is 0.0621. The average molecular weight is 498 g/mol. The molecule has 2 amide bonds. The first-order valence-corrected chi connectivity index (χ1v) is 11.8. The molecule has 1 fully saturated rings. The van der Waals surface area contributed by atoms with Crippen molar-refractivity contribution in [1.29, 1.82) is 0 Å². The molecule has 0 radical (unpaired) electrons. The maximum Gasteiger partial charge on any atom is 0.243 e. The van der Waals surface area contributed by atoms with E-state index in [1.165, 1.54) is 5.56 Å². The molecular formula is C26H25Cl2N3O3. The van der Waals surface area contributed by atoms with Crippen LogP contribution in [0.3, 0.4) is 0 Å². The van der Waals surface area contributed by atoms with E-state index in [1.807, 2.05) is 36.4 Å². The minimum Gasteiger partial charge on any atom is -0.487 e. The van der Waals surface area contributed by atoms with Crippen molar-refractivity contribution in [2.24, 2.45) is 5.92 Å². The van der Waals surface area contributed by atoms with Crippen LogP contribution in [0.4, 0.5) is 11.4 Å². The Labute approximate surface area is 208 Å². The number of rotatable bonds is 8. The monoisotopic (exact) mass is 497 g/mol. The van der Waals surface area contributed by atoms with Gasteiger partial charge in [-0.25, -0.2) is 0 Å². The zero-order chi connectivity index (χ0) is 24.1. The van der Waals surface area contributed by atoms with Crippen LogP contribution in [0.25, 0.3) is 0 Å². The molecule has 1 saturated heterocycles. The van der Waals surface area contributed by atoms with Crippen LogP contribution in [0, 0.1) is 5.92 Å². The van der Waals surface area contributed by atoms with E-state index in [0.29, 0.717) is 28.0 Å². The van der Waals surface area contributed by atoms with Crippen LogP contribution >= 0.6 is 23.2 Å². The Hall–Kier alpha value is -3.22. The number of benzene rings is 3. The molecule has 0 unspecified atom stereocenters. The zero-order valence-electron chi connectivity index (χ0n) is 18.7. The van der Waals surface area contributed by atoms with E-state index in [9.17, 15) is 9.59 Å². The molecule has 1 heterocycles. The Morgan fingerprint density at radius 3 is 2.59 bits per heavy atom. The Morgan fingerprint density at radius 1 is 1.09 bits per heavy atom. The predicted molar refractivity (Wildman–Crippen MR) is 135 cm³/mol. The molecule has 3 aromatic carbocycles. The third kappa shape index (κ3) is 5.64. The molecule has 8 heteroatoms. The van der Waals surface area contributed by atoms with Crippen molar-refractivity contribution < 1.29 is 14.3 Å². The summed E-state index contributed by atoms with van der Waals surface area (Å²) in [6, 6.07) is 20.3. The molecule has 2 N–H and O–H groups in total. The largest absolute Gasteiger partial charge is 0.487 e. The topological polar surface area (TPSA) is 70.7 Å². The highest BCUT2D eigenvalue weighted by atomic mass is 35.5. The van der Waals surface area contributed by atoms with Crippen LogP contribution in [0.15, 0.2) is 66.7 Å². The molecule has 0 aromatic heterocycles. The van der Waals surface area contributed by atoms with Gasteiger partial charge in [-0.15, -0.1) is 0 Å². The summed E-state index contributed by atoms with van der Waals surface area (Å²) in [6.07, 6.45) is 1.10. The van der Waals surface area contributed by atoms with Gasteiger partial charge in [0.1, 0.15) is 12.4 Å². The van der Waals surface area contributed by atoms with Crippen LogP contribution in [-0.4, -0.2) is 18.4 Å². The smallest absolute Gasteiger partial charge is 0.243 e. The first-order chi connectivity index (χ1) is 16.4. The lowest BCUT2D eigenvalue weighted by molar-refractivity contribution is -0.125. The number of nitrogens with zero attached hydrogens (tertiary/aromatic N) is 1. The average Bonchev–Trinajstić information content (AvgIpc) is 3.24. The normalized spacial score (nSPS) is 15.3. The number of hydrogen-bond acceptors (Lipinski definition) is 4. The molecule has 4 rings (SSSR count). The Morgan fingerprint density at radius 2 is 1.85 bits per heavy atom. The van der Waals surface area contributed by atoms with Gasteiger partial charge in [0.25, 0.3) is 0 Å². The fourth-order valence-corrected chi connectivity index (χ4v) is 4.23. The van der Waals surface area contributed by atoms with Crippen molar-refractivity contribution in [3.05, 3.63) is 87.9 Å². The van der Waals surface area contributed by atoms with Crippen LogP contribution < -0.4 is 20.5 Å². The van der Waals surface area contributed by atoms with Crippen molar-refractivity contribution in [1.82, 2.24) is 5.43 Å². The summed E-state index contributed by atoms with van der Waals surface area (Å²) < 4.78 is 5.91. The third-order valence-electron chi connectivity index (χ3n) is 5.76. The molecule has 0 bridgehead atoms. The summed E-state index contributed by atoms with van der Waals surface area (Å²) in [5.41, 5.74) is 9.04. The SMILES string of the molecule is CCc1ccc(N2C[C@H](C(=O)NNc3ccccc3OCc3ccc(Cl)cc3Cl)CC2=O)cc1. The number of amides is 2. The van der Waals surface area contributed by atoms with Crippen LogP contribution in [0.5, 0.6) is 5.75 Å². The first-order valence-electron chi connectivity index (χ1n) is 11.1. The molecular weight excluding hydrogens is 473 g/mol. The summed E-state index contributed by atoms with van der Waals surface area (Å²) in [4.78, 5) is 27.0. The van der Waals surface area contributed by atoms with Gasteiger partial charge in [-0.1, -0.05) is 60.5 Å². The van der Waals surface area contributed by atoms with E-state index in [1.54, 1.807) is 35.2 Å². The highest BCUT2D eigenvalue weighted by molar-refractivity contribution is 6.35. The number of anilines is 2. The highest BCUT2D eigenvalue weighted by Gasteiger charge is 2.35.